The Bertz CT molecular complexity index is 1300. The third-order valence-electron chi connectivity index (χ3n) is 6.68. The summed E-state index contributed by atoms with van der Waals surface area (Å²) in [5, 5.41) is 11.3. The van der Waals surface area contributed by atoms with E-state index in [-0.39, 0.29) is 24.5 Å². The Morgan fingerprint density at radius 3 is 2.46 bits per heavy atom. The van der Waals surface area contributed by atoms with Crippen LogP contribution >= 0.6 is 0 Å². The quantitative estimate of drug-likeness (QED) is 0.349. The van der Waals surface area contributed by atoms with Crippen LogP contribution < -0.4 is 10.6 Å². The maximum absolute atomic E-state index is 12.9. The number of aromatic nitrogens is 3. The van der Waals surface area contributed by atoms with Gasteiger partial charge in [-0.05, 0) is 48.9 Å². The SMILES string of the molecule is CCCc1cc(N[C@@H]2CCC(NC(=O)c3ccc(-c4ccc(C[NH-])cc4)cc3)C2)n2nccc2n1. The first-order chi connectivity index (χ1) is 17.1. The van der Waals surface area contributed by atoms with Gasteiger partial charge in [0.05, 0.1) is 6.20 Å². The number of benzene rings is 2. The summed E-state index contributed by atoms with van der Waals surface area (Å²) in [5.41, 5.74) is 13.2. The Labute approximate surface area is 205 Å². The summed E-state index contributed by atoms with van der Waals surface area (Å²) in [6.07, 6.45) is 6.58. The predicted octanol–water partition coefficient (Wildman–Crippen LogP) is 5.66. The Kier molecular flexibility index (Phi) is 6.77. The van der Waals surface area contributed by atoms with E-state index in [4.69, 9.17) is 5.73 Å². The van der Waals surface area contributed by atoms with Crippen molar-refractivity contribution in [2.45, 2.75) is 57.7 Å². The second kappa shape index (κ2) is 10.3. The summed E-state index contributed by atoms with van der Waals surface area (Å²) in [7, 11) is 0. The fourth-order valence-corrected chi connectivity index (χ4v) is 4.80. The van der Waals surface area contributed by atoms with E-state index in [0.717, 1.165) is 66.0 Å². The van der Waals surface area contributed by atoms with E-state index < -0.39 is 0 Å². The molecule has 1 amide bonds. The fraction of sp³-hybridized carbons (Fsp3) is 0.321. The molecule has 2 aromatic carbocycles. The Morgan fingerprint density at radius 1 is 1.03 bits per heavy atom. The summed E-state index contributed by atoms with van der Waals surface area (Å²) in [5.74, 6) is 0.933. The van der Waals surface area contributed by atoms with E-state index in [2.05, 4.69) is 33.7 Å². The van der Waals surface area contributed by atoms with Crippen LogP contribution in [0.5, 0.6) is 0 Å². The van der Waals surface area contributed by atoms with Gasteiger partial charge in [0, 0.05) is 35.5 Å². The van der Waals surface area contributed by atoms with Gasteiger partial charge in [-0.3, -0.25) is 4.79 Å². The molecule has 7 nitrogen and oxygen atoms in total. The van der Waals surface area contributed by atoms with Crippen LogP contribution in [0.3, 0.4) is 0 Å². The van der Waals surface area contributed by atoms with E-state index in [1.165, 1.54) is 0 Å². The third-order valence-corrected chi connectivity index (χ3v) is 6.68. The summed E-state index contributed by atoms with van der Waals surface area (Å²) in [4.78, 5) is 17.6. The van der Waals surface area contributed by atoms with Gasteiger partial charge >= 0.3 is 0 Å². The van der Waals surface area contributed by atoms with E-state index in [1.807, 2.05) is 59.1 Å². The molecule has 180 valence electrons. The molecule has 4 aromatic rings. The van der Waals surface area contributed by atoms with Crippen LogP contribution in [-0.4, -0.2) is 32.6 Å². The molecule has 1 unspecified atom stereocenters. The van der Waals surface area contributed by atoms with Gasteiger partial charge in [0.25, 0.3) is 5.91 Å². The molecular weight excluding hydrogens is 436 g/mol. The number of hydrogen-bond acceptors (Lipinski definition) is 4. The maximum Gasteiger partial charge on any atom is 0.251 e. The molecule has 0 saturated heterocycles. The van der Waals surface area contributed by atoms with Crippen LogP contribution in [-0.2, 0) is 13.0 Å². The van der Waals surface area contributed by atoms with Crippen molar-refractivity contribution in [1.29, 1.82) is 0 Å². The molecule has 1 aliphatic rings. The normalized spacial score (nSPS) is 17.5. The molecule has 0 radical (unpaired) electrons. The first-order valence-electron chi connectivity index (χ1n) is 12.4. The smallest absolute Gasteiger partial charge is 0.251 e. The van der Waals surface area contributed by atoms with Crippen LogP contribution in [0.1, 0.15) is 54.2 Å². The van der Waals surface area contributed by atoms with Crippen LogP contribution in [0.25, 0.3) is 22.5 Å². The van der Waals surface area contributed by atoms with Crippen LogP contribution in [0.15, 0.2) is 66.9 Å². The zero-order chi connectivity index (χ0) is 24.2. The highest BCUT2D eigenvalue weighted by atomic mass is 16.1. The zero-order valence-corrected chi connectivity index (χ0v) is 20.0. The fourth-order valence-electron chi connectivity index (χ4n) is 4.80. The van der Waals surface area contributed by atoms with Crippen LogP contribution in [0.2, 0.25) is 0 Å². The summed E-state index contributed by atoms with van der Waals surface area (Å²) >= 11 is 0. The van der Waals surface area contributed by atoms with Gasteiger partial charge in [0.1, 0.15) is 5.82 Å². The monoisotopic (exact) mass is 467 g/mol. The number of nitrogens with one attached hydrogen (secondary N) is 3. The number of anilines is 1. The minimum atomic E-state index is -0.0321. The van der Waals surface area contributed by atoms with Gasteiger partial charge in [-0.2, -0.15) is 9.61 Å². The van der Waals surface area contributed by atoms with Crippen molar-refractivity contribution in [3.8, 4) is 11.1 Å². The topological polar surface area (TPSA) is 95.1 Å². The Balaban J connectivity index is 1.19. The maximum atomic E-state index is 12.9. The number of nitrogens with zero attached hydrogens (tertiary/aromatic N) is 3. The predicted molar refractivity (Wildman–Crippen MR) is 139 cm³/mol. The molecule has 1 saturated carbocycles. The van der Waals surface area contributed by atoms with Crippen LogP contribution in [0.4, 0.5) is 5.82 Å². The van der Waals surface area contributed by atoms with Crippen molar-refractivity contribution in [3.63, 3.8) is 0 Å². The van der Waals surface area contributed by atoms with Gasteiger partial charge < -0.3 is 16.4 Å². The van der Waals surface area contributed by atoms with Crippen molar-refractivity contribution in [1.82, 2.24) is 19.9 Å². The highest BCUT2D eigenvalue weighted by Gasteiger charge is 2.27. The first kappa shape index (κ1) is 23.1. The Morgan fingerprint density at radius 2 is 1.74 bits per heavy atom. The molecule has 35 heavy (non-hydrogen) atoms. The molecule has 1 fully saturated rings. The van der Waals surface area contributed by atoms with Crippen molar-refractivity contribution < 1.29 is 4.79 Å². The molecule has 5 rings (SSSR count). The van der Waals surface area contributed by atoms with Crippen LogP contribution in [0, 0.1) is 0 Å². The number of hydrogen-bond donors (Lipinski definition) is 2. The lowest BCUT2D eigenvalue weighted by Gasteiger charge is -2.17. The van der Waals surface area contributed by atoms with E-state index in [1.54, 1.807) is 6.20 Å². The number of carbonyl (C=O) groups excluding carboxylic acids is 1. The van der Waals surface area contributed by atoms with Crippen molar-refractivity contribution in [2.75, 3.05) is 5.32 Å². The lowest BCUT2D eigenvalue weighted by molar-refractivity contribution is 0.0938. The molecular formula is C28H31N6O-. The van der Waals surface area contributed by atoms with E-state index in [9.17, 15) is 4.79 Å². The largest absolute Gasteiger partial charge is 0.674 e. The zero-order valence-electron chi connectivity index (χ0n) is 20.0. The van der Waals surface area contributed by atoms with Crippen molar-refractivity contribution in [3.05, 3.63) is 89.4 Å². The highest BCUT2D eigenvalue weighted by molar-refractivity contribution is 5.94. The molecule has 3 N–H and O–H groups in total. The number of fused-ring (bicyclic) bond motifs is 1. The average molecular weight is 468 g/mol. The minimum absolute atomic E-state index is 0.0321. The second-order valence-electron chi connectivity index (χ2n) is 9.26. The summed E-state index contributed by atoms with van der Waals surface area (Å²) in [6, 6.07) is 20.2. The summed E-state index contributed by atoms with van der Waals surface area (Å²) in [6.45, 7) is 2.44. The van der Waals surface area contributed by atoms with Gasteiger partial charge in [-0.1, -0.05) is 55.3 Å². The average Bonchev–Trinajstić information content (AvgIpc) is 3.54. The second-order valence-corrected chi connectivity index (χ2v) is 9.26. The number of aryl methyl sites for hydroxylation is 1. The summed E-state index contributed by atoms with van der Waals surface area (Å²) < 4.78 is 1.85. The molecule has 0 aliphatic heterocycles. The van der Waals surface area contributed by atoms with Crippen molar-refractivity contribution >= 4 is 17.4 Å². The van der Waals surface area contributed by atoms with Gasteiger partial charge in [-0.15, -0.1) is 6.54 Å². The molecule has 2 aromatic heterocycles. The van der Waals surface area contributed by atoms with Gasteiger partial charge in [0.2, 0.25) is 0 Å². The molecule has 2 atom stereocenters. The van der Waals surface area contributed by atoms with Gasteiger partial charge in [-0.25, -0.2) is 4.98 Å². The standard InChI is InChI=1S/C28H31N6O/c1-2-3-23-17-27(34-26(31-23)14-15-30-34)32-24-12-13-25(16-24)33-28(35)22-10-8-21(9-11-22)20-6-4-19(18-29)5-7-20/h4-11,14-15,17,24-25,29,32H,2-3,12-13,16,18H2,1H3,(H,33,35)/q-1/t24-,25?/m1/s1. The van der Waals surface area contributed by atoms with Crippen molar-refractivity contribution in [2.24, 2.45) is 0 Å². The molecule has 0 bridgehead atoms. The lowest BCUT2D eigenvalue weighted by Crippen LogP contribution is -2.34. The van der Waals surface area contributed by atoms with Gasteiger partial charge in [0.15, 0.2) is 5.65 Å². The third kappa shape index (κ3) is 5.20. The number of rotatable bonds is 8. The lowest BCUT2D eigenvalue weighted by atomic mass is 10.0. The Hall–Kier alpha value is -3.71. The minimum Gasteiger partial charge on any atom is -0.674 e. The highest BCUT2D eigenvalue weighted by Crippen LogP contribution is 2.25. The molecule has 1 aliphatic carbocycles. The van der Waals surface area contributed by atoms with E-state index in [0.29, 0.717) is 5.56 Å². The number of carbonyl (C=O) groups is 1. The number of amides is 1. The molecule has 7 heteroatoms. The molecule has 0 spiro atoms. The first-order valence-corrected chi connectivity index (χ1v) is 12.4. The van der Waals surface area contributed by atoms with E-state index >= 15 is 0 Å². The molecule has 2 heterocycles.